The van der Waals surface area contributed by atoms with Crippen LogP contribution in [0.5, 0.6) is 5.75 Å². The molecule has 1 saturated heterocycles. The van der Waals surface area contributed by atoms with E-state index in [1.54, 1.807) is 18.5 Å². The molecular weight excluding hydrogens is 342 g/mol. The van der Waals surface area contributed by atoms with Crippen molar-refractivity contribution in [2.45, 2.75) is 38.1 Å². The maximum absolute atomic E-state index is 11.4. The number of amides is 1. The molecule has 0 aliphatic carbocycles. The van der Waals surface area contributed by atoms with Crippen LogP contribution in [-0.4, -0.2) is 38.2 Å². The zero-order valence-electron chi connectivity index (χ0n) is 15.1. The third kappa shape index (κ3) is 3.78. The third-order valence-corrected chi connectivity index (χ3v) is 5.13. The van der Waals surface area contributed by atoms with Gasteiger partial charge in [-0.25, -0.2) is 9.50 Å². The number of carbonyl (C=O) groups is 1. The number of aromatic nitrogens is 3. The smallest absolute Gasteiger partial charge is 0.254 e. The first kappa shape index (κ1) is 17.5. The second-order valence-corrected chi connectivity index (χ2v) is 7.11. The Balaban J connectivity index is 1.58. The van der Waals surface area contributed by atoms with Gasteiger partial charge in [0.05, 0.1) is 6.20 Å². The number of piperidine rings is 1. The predicted octanol–water partition coefficient (Wildman–Crippen LogP) is 2.28. The van der Waals surface area contributed by atoms with Crippen LogP contribution in [0, 0.1) is 0 Å². The largest absolute Gasteiger partial charge is 0.508 e. The highest BCUT2D eigenvalue weighted by molar-refractivity contribution is 5.98. The molecule has 3 heterocycles. The summed E-state index contributed by atoms with van der Waals surface area (Å²) >= 11 is 0. The maximum Gasteiger partial charge on any atom is 0.254 e. The van der Waals surface area contributed by atoms with E-state index < -0.39 is 5.91 Å². The summed E-state index contributed by atoms with van der Waals surface area (Å²) in [6.45, 7) is 1.10. The molecule has 0 radical (unpaired) electrons. The Kier molecular flexibility index (Phi) is 4.77. The quantitative estimate of drug-likeness (QED) is 0.643. The summed E-state index contributed by atoms with van der Waals surface area (Å²) in [7, 11) is 0. The summed E-state index contributed by atoms with van der Waals surface area (Å²) in [6.07, 6.45) is 10.6. The Labute approximate surface area is 157 Å². The summed E-state index contributed by atoms with van der Waals surface area (Å²) in [6, 6.07) is 6.16. The van der Waals surface area contributed by atoms with Gasteiger partial charge in [0.25, 0.3) is 5.91 Å². The molecule has 4 N–H and O–H groups in total. The Morgan fingerprint density at radius 3 is 2.93 bits per heavy atom. The van der Waals surface area contributed by atoms with Crippen LogP contribution >= 0.6 is 0 Å². The third-order valence-electron chi connectivity index (χ3n) is 5.13. The fourth-order valence-electron chi connectivity index (χ4n) is 3.69. The molecule has 1 fully saturated rings. The molecule has 0 bridgehead atoms. The van der Waals surface area contributed by atoms with Crippen molar-refractivity contribution < 1.29 is 9.90 Å². The minimum Gasteiger partial charge on any atom is -0.508 e. The van der Waals surface area contributed by atoms with E-state index >= 15 is 0 Å². The molecule has 140 valence electrons. The number of benzene rings is 1. The van der Waals surface area contributed by atoms with E-state index in [-0.39, 0.29) is 11.3 Å². The number of fused-ring (bicyclic) bond motifs is 1. The van der Waals surface area contributed by atoms with Gasteiger partial charge < -0.3 is 16.2 Å². The number of nitrogens with zero attached hydrogens (tertiary/aromatic N) is 3. The lowest BCUT2D eigenvalue weighted by atomic mass is 9.96. The zero-order chi connectivity index (χ0) is 18.8. The number of nitrogens with one attached hydrogen (secondary N) is 1. The monoisotopic (exact) mass is 365 g/mol. The summed E-state index contributed by atoms with van der Waals surface area (Å²) < 4.78 is 1.53. The Morgan fingerprint density at radius 2 is 2.15 bits per heavy atom. The molecule has 1 aliphatic rings. The van der Waals surface area contributed by atoms with Crippen molar-refractivity contribution in [3.05, 3.63) is 47.9 Å². The van der Waals surface area contributed by atoms with Crippen LogP contribution in [0.1, 0.15) is 41.6 Å². The molecule has 1 amide bonds. The fourth-order valence-corrected chi connectivity index (χ4v) is 3.69. The number of hydrogen-bond donors (Lipinski definition) is 3. The molecular formula is C20H23N5O2. The summed E-state index contributed by atoms with van der Waals surface area (Å²) in [5.41, 5.74) is 8.83. The molecule has 3 aromatic rings. The first-order chi connectivity index (χ1) is 13.1. The average Bonchev–Trinajstić information content (AvgIpc) is 3.10. The first-order valence-electron chi connectivity index (χ1n) is 9.30. The predicted molar refractivity (Wildman–Crippen MR) is 103 cm³/mol. The van der Waals surface area contributed by atoms with Crippen LogP contribution in [0.15, 0.2) is 36.8 Å². The van der Waals surface area contributed by atoms with E-state index in [1.807, 2.05) is 6.07 Å². The average molecular weight is 365 g/mol. The van der Waals surface area contributed by atoms with Crippen LogP contribution in [-0.2, 0) is 6.42 Å². The zero-order valence-corrected chi connectivity index (χ0v) is 15.1. The van der Waals surface area contributed by atoms with E-state index in [9.17, 15) is 9.90 Å². The van der Waals surface area contributed by atoms with E-state index in [0.717, 1.165) is 36.1 Å². The van der Waals surface area contributed by atoms with Gasteiger partial charge in [-0.3, -0.25) is 4.79 Å². The molecule has 7 nitrogen and oxygen atoms in total. The highest BCUT2D eigenvalue weighted by Crippen LogP contribution is 2.27. The van der Waals surface area contributed by atoms with Crippen molar-refractivity contribution in [3.8, 4) is 16.9 Å². The van der Waals surface area contributed by atoms with E-state index in [4.69, 9.17) is 5.73 Å². The van der Waals surface area contributed by atoms with Crippen molar-refractivity contribution in [2.75, 3.05) is 6.54 Å². The van der Waals surface area contributed by atoms with Crippen molar-refractivity contribution in [3.63, 3.8) is 0 Å². The van der Waals surface area contributed by atoms with Crippen molar-refractivity contribution in [1.29, 1.82) is 0 Å². The summed E-state index contributed by atoms with van der Waals surface area (Å²) in [5, 5.41) is 17.9. The second-order valence-electron chi connectivity index (χ2n) is 7.11. The SMILES string of the molecule is NC(=O)c1cnn2cc(-c3cc(O)cc(CC[C@@H]4CCCCN4)c3)cnc12. The van der Waals surface area contributed by atoms with E-state index in [1.165, 1.54) is 30.0 Å². The number of nitrogens with two attached hydrogens (primary N) is 1. The van der Waals surface area contributed by atoms with Gasteiger partial charge in [0, 0.05) is 24.0 Å². The van der Waals surface area contributed by atoms with Crippen molar-refractivity contribution in [1.82, 2.24) is 19.9 Å². The van der Waals surface area contributed by atoms with Gasteiger partial charge in [-0.15, -0.1) is 0 Å². The van der Waals surface area contributed by atoms with Gasteiger partial charge in [-0.1, -0.05) is 12.5 Å². The number of primary amides is 1. The number of aromatic hydroxyl groups is 1. The number of rotatable bonds is 5. The molecule has 1 aliphatic heterocycles. The first-order valence-corrected chi connectivity index (χ1v) is 9.30. The van der Waals surface area contributed by atoms with Gasteiger partial charge in [0.15, 0.2) is 5.65 Å². The van der Waals surface area contributed by atoms with Gasteiger partial charge in [0.2, 0.25) is 0 Å². The molecule has 0 saturated carbocycles. The van der Waals surface area contributed by atoms with E-state index in [0.29, 0.717) is 11.7 Å². The van der Waals surface area contributed by atoms with Gasteiger partial charge in [-0.2, -0.15) is 5.10 Å². The summed E-state index contributed by atoms with van der Waals surface area (Å²) in [5.74, 6) is -0.321. The number of hydrogen-bond acceptors (Lipinski definition) is 5. The fraction of sp³-hybridized carbons (Fsp3) is 0.350. The minimum absolute atomic E-state index is 0.234. The standard InChI is InChI=1S/C20H23N5O2/c21-19(27)18-11-24-25-12-15(10-23-20(18)25)14-7-13(8-17(26)9-14)4-5-16-3-1-2-6-22-16/h7-12,16,22,26H,1-6H2,(H2,21,27)/t16-/m0/s1. The molecule has 27 heavy (non-hydrogen) atoms. The molecule has 1 atom stereocenters. The molecule has 0 spiro atoms. The van der Waals surface area contributed by atoms with Gasteiger partial charge in [0.1, 0.15) is 11.3 Å². The molecule has 2 aromatic heterocycles. The lowest BCUT2D eigenvalue weighted by Crippen LogP contribution is -2.34. The number of phenolic OH excluding ortho intramolecular Hbond substituents is 1. The van der Waals surface area contributed by atoms with Crippen molar-refractivity contribution >= 4 is 11.6 Å². The van der Waals surface area contributed by atoms with Crippen LogP contribution < -0.4 is 11.1 Å². The lowest BCUT2D eigenvalue weighted by molar-refractivity contribution is 0.100. The number of phenols is 1. The van der Waals surface area contributed by atoms with Crippen LogP contribution in [0.3, 0.4) is 0 Å². The maximum atomic E-state index is 11.4. The lowest BCUT2D eigenvalue weighted by Gasteiger charge is -2.23. The molecule has 4 rings (SSSR count). The topological polar surface area (TPSA) is 106 Å². The van der Waals surface area contributed by atoms with Gasteiger partial charge >= 0.3 is 0 Å². The van der Waals surface area contributed by atoms with E-state index in [2.05, 4.69) is 21.5 Å². The number of aryl methyl sites for hydroxylation is 1. The molecule has 7 heteroatoms. The van der Waals surface area contributed by atoms with Crippen LogP contribution in [0.2, 0.25) is 0 Å². The Hall–Kier alpha value is -2.93. The van der Waals surface area contributed by atoms with Crippen molar-refractivity contribution in [2.24, 2.45) is 5.73 Å². The Bertz CT molecular complexity index is 976. The number of carbonyl (C=O) groups excluding carboxylic acids is 1. The highest BCUT2D eigenvalue weighted by Gasteiger charge is 2.14. The van der Waals surface area contributed by atoms with Gasteiger partial charge in [-0.05, 0) is 55.5 Å². The molecule has 0 unspecified atom stereocenters. The molecule has 1 aromatic carbocycles. The normalized spacial score (nSPS) is 17.3. The highest BCUT2D eigenvalue weighted by atomic mass is 16.3. The second kappa shape index (κ2) is 7.36. The summed E-state index contributed by atoms with van der Waals surface area (Å²) in [4.78, 5) is 15.7. The Morgan fingerprint density at radius 1 is 1.26 bits per heavy atom. The van der Waals surface area contributed by atoms with Crippen LogP contribution in [0.25, 0.3) is 16.8 Å². The van der Waals surface area contributed by atoms with Crippen LogP contribution in [0.4, 0.5) is 0 Å². The minimum atomic E-state index is -0.554.